The summed E-state index contributed by atoms with van der Waals surface area (Å²) in [5, 5.41) is 0. The first-order valence-corrected chi connectivity index (χ1v) is 5.51. The van der Waals surface area contributed by atoms with Gasteiger partial charge < -0.3 is 9.80 Å². The molecule has 0 aromatic carbocycles. The maximum atomic E-state index is 12.0. The summed E-state index contributed by atoms with van der Waals surface area (Å²) < 4.78 is 0. The highest BCUT2D eigenvalue weighted by Gasteiger charge is 2.46. The molecule has 2 fully saturated rings. The van der Waals surface area contributed by atoms with Gasteiger partial charge in [0.2, 0.25) is 11.8 Å². The molecule has 2 amide bonds. The van der Waals surface area contributed by atoms with E-state index in [0.29, 0.717) is 13.1 Å². The Balaban J connectivity index is 2.18. The van der Waals surface area contributed by atoms with Gasteiger partial charge in [0.05, 0.1) is 0 Å². The molecule has 0 radical (unpaired) electrons. The molecular weight excluding hydrogens is 192 g/mol. The zero-order valence-electron chi connectivity index (χ0n) is 9.62. The van der Waals surface area contributed by atoms with Crippen molar-refractivity contribution in [3.05, 3.63) is 0 Å². The van der Waals surface area contributed by atoms with Gasteiger partial charge in [0.1, 0.15) is 5.54 Å². The van der Waals surface area contributed by atoms with Crippen LogP contribution in [-0.2, 0) is 9.59 Å². The summed E-state index contributed by atoms with van der Waals surface area (Å²) >= 11 is 0. The minimum atomic E-state index is -0.660. The highest BCUT2D eigenvalue weighted by molar-refractivity contribution is 5.93. The molecule has 4 nitrogen and oxygen atoms in total. The first kappa shape index (κ1) is 10.5. The minimum absolute atomic E-state index is 0.0442. The van der Waals surface area contributed by atoms with Crippen LogP contribution in [0.15, 0.2) is 0 Å². The Morgan fingerprint density at radius 3 is 2.47 bits per heavy atom. The average Bonchev–Trinajstić information content (AvgIpc) is 2.97. The summed E-state index contributed by atoms with van der Waals surface area (Å²) in [5.41, 5.74) is -0.660. The molecule has 15 heavy (non-hydrogen) atoms. The van der Waals surface area contributed by atoms with E-state index in [1.54, 1.807) is 16.8 Å². The molecule has 0 atom stereocenters. The molecule has 1 saturated carbocycles. The topological polar surface area (TPSA) is 40.6 Å². The van der Waals surface area contributed by atoms with Gasteiger partial charge in [0, 0.05) is 26.1 Å². The van der Waals surface area contributed by atoms with E-state index in [1.165, 1.54) is 0 Å². The number of amides is 2. The van der Waals surface area contributed by atoms with Crippen molar-refractivity contribution in [2.24, 2.45) is 5.92 Å². The lowest BCUT2D eigenvalue weighted by atomic mass is 9.97. The van der Waals surface area contributed by atoms with Crippen molar-refractivity contribution in [1.82, 2.24) is 9.80 Å². The summed E-state index contributed by atoms with van der Waals surface area (Å²) in [7, 11) is 1.79. The van der Waals surface area contributed by atoms with E-state index in [2.05, 4.69) is 0 Å². The highest BCUT2D eigenvalue weighted by atomic mass is 16.2. The third-order valence-corrected chi connectivity index (χ3v) is 3.40. The summed E-state index contributed by atoms with van der Waals surface area (Å²) in [6.45, 7) is 5.00. The molecule has 1 heterocycles. The molecule has 1 aliphatic carbocycles. The van der Waals surface area contributed by atoms with Crippen molar-refractivity contribution in [2.75, 3.05) is 20.1 Å². The zero-order valence-corrected chi connectivity index (χ0v) is 9.62. The van der Waals surface area contributed by atoms with Crippen LogP contribution < -0.4 is 0 Å². The molecule has 0 aromatic heterocycles. The van der Waals surface area contributed by atoms with Gasteiger partial charge in [-0.1, -0.05) is 0 Å². The summed E-state index contributed by atoms with van der Waals surface area (Å²) in [5.74, 6) is 0.407. The molecule has 0 bridgehead atoms. The predicted molar refractivity (Wildman–Crippen MR) is 56.2 cm³/mol. The molecular formula is C11H18N2O2. The summed E-state index contributed by atoms with van der Waals surface area (Å²) in [6, 6.07) is 0. The van der Waals surface area contributed by atoms with Gasteiger partial charge in [0.15, 0.2) is 0 Å². The number of nitrogens with zero attached hydrogens (tertiary/aromatic N) is 2. The standard InChI is InChI=1S/C11H18N2O2/c1-11(2)10(15)12(3)6-7-13(11)9(14)8-4-5-8/h8H,4-7H2,1-3H3. The maximum absolute atomic E-state index is 12.0. The van der Waals surface area contributed by atoms with Crippen molar-refractivity contribution in [3.8, 4) is 0 Å². The first-order chi connectivity index (χ1) is 6.94. The smallest absolute Gasteiger partial charge is 0.247 e. The third kappa shape index (κ3) is 1.62. The predicted octanol–water partition coefficient (Wildman–Crippen LogP) is 0.476. The van der Waals surface area contributed by atoms with E-state index in [4.69, 9.17) is 0 Å². The lowest BCUT2D eigenvalue weighted by Crippen LogP contribution is -2.63. The van der Waals surface area contributed by atoms with Gasteiger partial charge in [-0.25, -0.2) is 0 Å². The molecule has 0 aromatic rings. The van der Waals surface area contributed by atoms with Crippen molar-refractivity contribution < 1.29 is 9.59 Å². The van der Waals surface area contributed by atoms with Gasteiger partial charge in [-0.15, -0.1) is 0 Å². The van der Waals surface area contributed by atoms with Gasteiger partial charge in [-0.05, 0) is 26.7 Å². The fourth-order valence-corrected chi connectivity index (χ4v) is 2.15. The Labute approximate surface area is 90.2 Å². The Bertz CT molecular complexity index is 308. The van der Waals surface area contributed by atoms with Crippen molar-refractivity contribution in [1.29, 1.82) is 0 Å². The molecule has 0 unspecified atom stereocenters. The fraction of sp³-hybridized carbons (Fsp3) is 0.818. The molecule has 84 valence electrons. The van der Waals surface area contributed by atoms with Crippen molar-refractivity contribution in [2.45, 2.75) is 32.2 Å². The van der Waals surface area contributed by atoms with Crippen LogP contribution in [0.1, 0.15) is 26.7 Å². The van der Waals surface area contributed by atoms with Crippen LogP contribution in [0.3, 0.4) is 0 Å². The van der Waals surface area contributed by atoms with Crippen LogP contribution in [0.4, 0.5) is 0 Å². The maximum Gasteiger partial charge on any atom is 0.247 e. The number of hydrogen-bond donors (Lipinski definition) is 0. The molecule has 0 spiro atoms. The van der Waals surface area contributed by atoms with E-state index in [-0.39, 0.29) is 17.7 Å². The molecule has 2 aliphatic rings. The molecule has 0 N–H and O–H groups in total. The average molecular weight is 210 g/mol. The number of piperazine rings is 1. The van der Waals surface area contributed by atoms with Crippen molar-refractivity contribution in [3.63, 3.8) is 0 Å². The molecule has 1 saturated heterocycles. The SMILES string of the molecule is CN1CCN(C(=O)C2CC2)C(C)(C)C1=O. The van der Waals surface area contributed by atoms with E-state index in [9.17, 15) is 9.59 Å². The Morgan fingerprint density at radius 1 is 1.33 bits per heavy atom. The Hall–Kier alpha value is -1.06. The number of likely N-dealkylation sites (N-methyl/N-ethyl adjacent to an activating group) is 1. The Morgan fingerprint density at radius 2 is 1.93 bits per heavy atom. The molecule has 2 rings (SSSR count). The lowest BCUT2D eigenvalue weighted by molar-refractivity contribution is -0.157. The lowest BCUT2D eigenvalue weighted by Gasteiger charge is -2.44. The van der Waals surface area contributed by atoms with Crippen LogP contribution in [0, 0.1) is 5.92 Å². The minimum Gasteiger partial charge on any atom is -0.342 e. The van der Waals surface area contributed by atoms with Gasteiger partial charge in [-0.3, -0.25) is 9.59 Å². The van der Waals surface area contributed by atoms with Crippen LogP contribution in [-0.4, -0.2) is 47.3 Å². The third-order valence-electron chi connectivity index (χ3n) is 3.40. The Kier molecular flexibility index (Phi) is 2.24. The van der Waals surface area contributed by atoms with Gasteiger partial charge in [-0.2, -0.15) is 0 Å². The second-order valence-electron chi connectivity index (χ2n) is 5.05. The van der Waals surface area contributed by atoms with E-state index < -0.39 is 5.54 Å². The number of hydrogen-bond acceptors (Lipinski definition) is 2. The highest BCUT2D eigenvalue weighted by Crippen LogP contribution is 2.34. The number of carbonyl (C=O) groups is 2. The van der Waals surface area contributed by atoms with Gasteiger partial charge in [0.25, 0.3) is 0 Å². The number of carbonyl (C=O) groups excluding carboxylic acids is 2. The second kappa shape index (κ2) is 3.22. The van der Waals surface area contributed by atoms with Crippen LogP contribution >= 0.6 is 0 Å². The zero-order chi connectivity index (χ0) is 11.2. The van der Waals surface area contributed by atoms with E-state index >= 15 is 0 Å². The van der Waals surface area contributed by atoms with Crippen LogP contribution in [0.25, 0.3) is 0 Å². The fourth-order valence-electron chi connectivity index (χ4n) is 2.15. The van der Waals surface area contributed by atoms with Crippen LogP contribution in [0.5, 0.6) is 0 Å². The second-order valence-corrected chi connectivity index (χ2v) is 5.05. The van der Waals surface area contributed by atoms with Crippen molar-refractivity contribution >= 4 is 11.8 Å². The normalized spacial score (nSPS) is 25.7. The quantitative estimate of drug-likeness (QED) is 0.631. The van der Waals surface area contributed by atoms with E-state index in [0.717, 1.165) is 12.8 Å². The van der Waals surface area contributed by atoms with E-state index in [1.807, 2.05) is 13.8 Å². The largest absolute Gasteiger partial charge is 0.342 e. The van der Waals surface area contributed by atoms with Gasteiger partial charge >= 0.3 is 0 Å². The number of rotatable bonds is 1. The summed E-state index contributed by atoms with van der Waals surface area (Å²) in [6.07, 6.45) is 1.99. The first-order valence-electron chi connectivity index (χ1n) is 5.51. The van der Waals surface area contributed by atoms with Crippen LogP contribution in [0.2, 0.25) is 0 Å². The molecule has 4 heteroatoms. The summed E-state index contributed by atoms with van der Waals surface area (Å²) in [4.78, 5) is 27.4. The molecule has 1 aliphatic heterocycles. The monoisotopic (exact) mass is 210 g/mol.